The summed E-state index contributed by atoms with van der Waals surface area (Å²) in [5.41, 5.74) is 2.26. The summed E-state index contributed by atoms with van der Waals surface area (Å²) in [6.07, 6.45) is 2.05. The highest BCUT2D eigenvalue weighted by atomic mass is 19.1. The zero-order valence-electron chi connectivity index (χ0n) is 13.8. The molecule has 1 amide bonds. The van der Waals surface area contributed by atoms with E-state index in [1.807, 2.05) is 57.2 Å². The van der Waals surface area contributed by atoms with Gasteiger partial charge >= 0.3 is 0 Å². The van der Waals surface area contributed by atoms with E-state index < -0.39 is 5.82 Å². The highest BCUT2D eigenvalue weighted by Crippen LogP contribution is 2.15. The van der Waals surface area contributed by atoms with Gasteiger partial charge < -0.3 is 4.90 Å². The van der Waals surface area contributed by atoms with Crippen molar-refractivity contribution in [2.75, 3.05) is 6.54 Å². The van der Waals surface area contributed by atoms with Gasteiger partial charge in [-0.3, -0.25) is 4.79 Å². The van der Waals surface area contributed by atoms with Crippen molar-refractivity contribution in [3.05, 3.63) is 77.1 Å². The summed E-state index contributed by atoms with van der Waals surface area (Å²) in [7, 11) is 0. The largest absolute Gasteiger partial charge is 0.332 e. The normalized spacial score (nSPS) is 11.6. The van der Waals surface area contributed by atoms with Gasteiger partial charge in [0.15, 0.2) is 0 Å². The molecule has 0 saturated carbocycles. The van der Waals surface area contributed by atoms with Crippen molar-refractivity contribution in [1.29, 1.82) is 0 Å². The Labute approximate surface area is 137 Å². The van der Waals surface area contributed by atoms with Crippen molar-refractivity contribution in [2.45, 2.75) is 26.8 Å². The first-order chi connectivity index (χ1) is 11.0. The third-order valence-corrected chi connectivity index (χ3v) is 3.62. The summed E-state index contributed by atoms with van der Waals surface area (Å²) < 4.78 is 13.9. The molecule has 23 heavy (non-hydrogen) atoms. The van der Waals surface area contributed by atoms with Gasteiger partial charge in [-0.15, -0.1) is 0 Å². The quantitative estimate of drug-likeness (QED) is 0.778. The minimum absolute atomic E-state index is 0.0128. The smallest absolute Gasteiger partial charge is 0.257 e. The van der Waals surface area contributed by atoms with Gasteiger partial charge in [-0.25, -0.2) is 4.39 Å². The number of benzene rings is 2. The molecule has 0 spiro atoms. The Kier molecular flexibility index (Phi) is 5.69. The number of nitrogens with zero attached hydrogens (tertiary/aromatic N) is 1. The van der Waals surface area contributed by atoms with Gasteiger partial charge in [0.25, 0.3) is 5.91 Å². The number of hydrogen-bond donors (Lipinski definition) is 0. The molecule has 0 aromatic heterocycles. The van der Waals surface area contributed by atoms with Crippen molar-refractivity contribution >= 4 is 12.0 Å². The predicted octanol–water partition coefficient (Wildman–Crippen LogP) is 4.78. The van der Waals surface area contributed by atoms with E-state index in [4.69, 9.17) is 0 Å². The van der Waals surface area contributed by atoms with E-state index in [9.17, 15) is 9.18 Å². The van der Waals surface area contributed by atoms with E-state index in [1.54, 1.807) is 17.0 Å². The van der Waals surface area contributed by atoms with E-state index in [2.05, 4.69) is 0 Å². The minimum atomic E-state index is -0.479. The average molecular weight is 311 g/mol. The highest BCUT2D eigenvalue weighted by molar-refractivity contribution is 5.94. The Morgan fingerprint density at radius 2 is 1.70 bits per heavy atom. The van der Waals surface area contributed by atoms with Crippen LogP contribution in [0.1, 0.15) is 36.7 Å². The topological polar surface area (TPSA) is 20.3 Å². The second-order valence-electron chi connectivity index (χ2n) is 5.91. The van der Waals surface area contributed by atoms with Crippen molar-refractivity contribution in [1.82, 2.24) is 4.90 Å². The molecule has 0 aliphatic rings. The average Bonchev–Trinajstić information content (AvgIpc) is 2.53. The molecule has 3 heteroatoms. The Hall–Kier alpha value is -2.42. The summed E-state index contributed by atoms with van der Waals surface area (Å²) in [6.45, 7) is 6.33. The lowest BCUT2D eigenvalue weighted by atomic mass is 10.1. The number of carbonyl (C=O) groups is 1. The van der Waals surface area contributed by atoms with Crippen LogP contribution in [0.2, 0.25) is 0 Å². The molecular formula is C20H22FNO. The van der Waals surface area contributed by atoms with Crippen LogP contribution in [0.15, 0.2) is 60.2 Å². The van der Waals surface area contributed by atoms with E-state index in [1.165, 1.54) is 12.1 Å². The first-order valence-corrected chi connectivity index (χ1v) is 7.76. The summed E-state index contributed by atoms with van der Waals surface area (Å²) in [5, 5.41) is 0. The van der Waals surface area contributed by atoms with Gasteiger partial charge in [0.2, 0.25) is 0 Å². The molecule has 0 aliphatic carbocycles. The zero-order chi connectivity index (χ0) is 16.8. The third kappa shape index (κ3) is 4.52. The molecule has 2 nitrogen and oxygen atoms in total. The van der Waals surface area contributed by atoms with Gasteiger partial charge in [0.1, 0.15) is 5.82 Å². The van der Waals surface area contributed by atoms with Crippen molar-refractivity contribution in [3.8, 4) is 0 Å². The first kappa shape index (κ1) is 16.9. The highest BCUT2D eigenvalue weighted by Gasteiger charge is 2.21. The van der Waals surface area contributed by atoms with Crippen LogP contribution < -0.4 is 0 Å². The molecule has 2 aromatic rings. The predicted molar refractivity (Wildman–Crippen MR) is 92.7 cm³/mol. The van der Waals surface area contributed by atoms with Crippen LogP contribution in [0.4, 0.5) is 4.39 Å². The van der Waals surface area contributed by atoms with Crippen LogP contribution in [-0.2, 0) is 0 Å². The van der Waals surface area contributed by atoms with Crippen LogP contribution in [0, 0.1) is 5.82 Å². The lowest BCUT2D eigenvalue weighted by Gasteiger charge is -2.27. The zero-order valence-corrected chi connectivity index (χ0v) is 13.8. The number of hydrogen-bond acceptors (Lipinski definition) is 1. The monoisotopic (exact) mass is 311 g/mol. The lowest BCUT2D eigenvalue weighted by molar-refractivity contribution is 0.0719. The molecule has 0 bridgehead atoms. The summed E-state index contributed by atoms with van der Waals surface area (Å²) in [5.74, 6) is -0.758. The number of rotatable bonds is 5. The van der Waals surface area contributed by atoms with Crippen molar-refractivity contribution < 1.29 is 9.18 Å². The van der Waals surface area contributed by atoms with Crippen molar-refractivity contribution in [3.63, 3.8) is 0 Å². The second-order valence-corrected chi connectivity index (χ2v) is 5.91. The molecule has 0 heterocycles. The minimum Gasteiger partial charge on any atom is -0.332 e. The fourth-order valence-electron chi connectivity index (χ4n) is 2.43. The number of carbonyl (C=O) groups excluding carboxylic acids is 1. The summed E-state index contributed by atoms with van der Waals surface area (Å²) in [4.78, 5) is 14.3. The van der Waals surface area contributed by atoms with E-state index >= 15 is 0 Å². The van der Waals surface area contributed by atoms with Crippen LogP contribution in [0.3, 0.4) is 0 Å². The Balaban J connectivity index is 2.21. The van der Waals surface area contributed by atoms with E-state index in [0.717, 1.165) is 11.1 Å². The fraction of sp³-hybridized carbons (Fsp3) is 0.250. The van der Waals surface area contributed by atoms with Crippen LogP contribution in [-0.4, -0.2) is 23.4 Å². The van der Waals surface area contributed by atoms with Crippen LogP contribution in [0.5, 0.6) is 0 Å². The lowest BCUT2D eigenvalue weighted by Crippen LogP contribution is -2.38. The summed E-state index contributed by atoms with van der Waals surface area (Å²) in [6, 6.07) is 16.1. The Bertz CT molecular complexity index is 692. The molecule has 0 saturated heterocycles. The number of amides is 1. The third-order valence-electron chi connectivity index (χ3n) is 3.62. The molecular weight excluding hydrogens is 289 g/mol. The molecule has 2 rings (SSSR count). The SMILES string of the molecule is C/C(=C\c1ccccc1)CN(C(=O)c1ccccc1F)C(C)C. The van der Waals surface area contributed by atoms with E-state index in [-0.39, 0.29) is 17.5 Å². The second kappa shape index (κ2) is 7.73. The molecule has 0 atom stereocenters. The molecule has 0 aliphatic heterocycles. The van der Waals surface area contributed by atoms with Gasteiger partial charge in [0, 0.05) is 12.6 Å². The van der Waals surface area contributed by atoms with Crippen molar-refractivity contribution in [2.24, 2.45) is 0 Å². The molecule has 120 valence electrons. The van der Waals surface area contributed by atoms with Crippen LogP contribution in [0.25, 0.3) is 6.08 Å². The molecule has 0 N–H and O–H groups in total. The first-order valence-electron chi connectivity index (χ1n) is 7.76. The van der Waals surface area contributed by atoms with Gasteiger partial charge in [-0.1, -0.05) is 54.1 Å². The fourth-order valence-corrected chi connectivity index (χ4v) is 2.43. The van der Waals surface area contributed by atoms with Crippen LogP contribution >= 0.6 is 0 Å². The number of halogens is 1. The van der Waals surface area contributed by atoms with Gasteiger partial charge in [0.05, 0.1) is 5.56 Å². The summed E-state index contributed by atoms with van der Waals surface area (Å²) >= 11 is 0. The van der Waals surface area contributed by atoms with Gasteiger partial charge in [-0.2, -0.15) is 0 Å². The van der Waals surface area contributed by atoms with Gasteiger partial charge in [-0.05, 0) is 38.5 Å². The molecule has 2 aromatic carbocycles. The maximum Gasteiger partial charge on any atom is 0.257 e. The maximum absolute atomic E-state index is 13.9. The Morgan fingerprint density at radius 1 is 1.09 bits per heavy atom. The Morgan fingerprint density at radius 3 is 2.30 bits per heavy atom. The standard InChI is InChI=1S/C20H22FNO/c1-15(2)22(20(23)18-11-7-8-12-19(18)21)14-16(3)13-17-9-5-4-6-10-17/h4-13,15H,14H2,1-3H3/b16-13+. The molecule has 0 fully saturated rings. The van der Waals surface area contributed by atoms with E-state index in [0.29, 0.717) is 6.54 Å². The maximum atomic E-state index is 13.9. The molecule has 0 unspecified atom stereocenters. The molecule has 0 radical (unpaired) electrons.